The highest BCUT2D eigenvalue weighted by Gasteiger charge is 2.19. The van der Waals surface area contributed by atoms with Crippen molar-refractivity contribution < 1.29 is 18.0 Å². The minimum atomic E-state index is -3.45. The van der Waals surface area contributed by atoms with Crippen LogP contribution in [-0.2, 0) is 19.7 Å². The van der Waals surface area contributed by atoms with E-state index in [-0.39, 0.29) is 5.75 Å². The van der Waals surface area contributed by atoms with Crippen molar-refractivity contribution in [3.8, 4) is 0 Å². The average molecular weight is 249 g/mol. The molecule has 0 aromatic carbocycles. The second kappa shape index (κ2) is 6.20. The summed E-state index contributed by atoms with van der Waals surface area (Å²) in [5, 5.41) is 0. The summed E-state index contributed by atoms with van der Waals surface area (Å²) in [7, 11) is -3.45. The van der Waals surface area contributed by atoms with Crippen LogP contribution in [0, 0.1) is 5.92 Å². The largest absolute Gasteiger partial charge is 0.356 e. The second-order valence-electron chi connectivity index (χ2n) is 4.17. The number of sulfonamides is 1. The maximum absolute atomic E-state index is 11.3. The third-order valence-corrected chi connectivity index (χ3v) is 3.94. The molecule has 16 heavy (non-hydrogen) atoms. The van der Waals surface area contributed by atoms with Crippen molar-refractivity contribution in [3.05, 3.63) is 0 Å². The summed E-state index contributed by atoms with van der Waals surface area (Å²) in [5.41, 5.74) is 0. The first-order valence-corrected chi connectivity index (χ1v) is 7.38. The molecule has 0 aromatic heterocycles. The van der Waals surface area contributed by atoms with Gasteiger partial charge in [0.25, 0.3) is 0 Å². The fourth-order valence-electron chi connectivity index (χ4n) is 1.84. The van der Waals surface area contributed by atoms with Gasteiger partial charge in [-0.25, -0.2) is 8.42 Å². The SMILES string of the molecule is CCS(=O)(=O)NOC(=O)CC1CCCCC1. The molecule has 94 valence electrons. The molecule has 1 aliphatic carbocycles. The average Bonchev–Trinajstić information content (AvgIpc) is 2.28. The number of carbonyl (C=O) groups is 1. The fraction of sp³-hybridized carbons (Fsp3) is 0.900. The van der Waals surface area contributed by atoms with Gasteiger partial charge in [-0.2, -0.15) is 0 Å². The molecule has 0 unspecified atom stereocenters. The van der Waals surface area contributed by atoms with Crippen molar-refractivity contribution >= 4 is 16.0 Å². The molecule has 0 radical (unpaired) electrons. The van der Waals surface area contributed by atoms with Gasteiger partial charge in [-0.1, -0.05) is 19.3 Å². The maximum atomic E-state index is 11.3. The molecule has 0 atom stereocenters. The summed E-state index contributed by atoms with van der Waals surface area (Å²) in [6, 6.07) is 0. The zero-order valence-electron chi connectivity index (χ0n) is 9.57. The number of hydrogen-bond donors (Lipinski definition) is 1. The zero-order chi connectivity index (χ0) is 12.0. The minimum Gasteiger partial charge on any atom is -0.356 e. The van der Waals surface area contributed by atoms with Crippen LogP contribution < -0.4 is 4.89 Å². The summed E-state index contributed by atoms with van der Waals surface area (Å²) in [6.45, 7) is 1.48. The molecular formula is C10H19NO4S. The Morgan fingerprint density at radius 2 is 1.94 bits per heavy atom. The van der Waals surface area contributed by atoms with Crippen molar-refractivity contribution in [2.45, 2.75) is 45.4 Å². The Morgan fingerprint density at radius 3 is 2.50 bits per heavy atom. The van der Waals surface area contributed by atoms with E-state index in [4.69, 9.17) is 0 Å². The Labute approximate surface area is 96.6 Å². The third-order valence-electron chi connectivity index (χ3n) is 2.84. The number of nitrogens with one attached hydrogen (secondary N) is 1. The van der Waals surface area contributed by atoms with E-state index < -0.39 is 16.0 Å². The van der Waals surface area contributed by atoms with Crippen molar-refractivity contribution in [1.29, 1.82) is 0 Å². The van der Waals surface area contributed by atoms with Gasteiger partial charge >= 0.3 is 5.97 Å². The van der Waals surface area contributed by atoms with Crippen LogP contribution >= 0.6 is 0 Å². The van der Waals surface area contributed by atoms with E-state index in [9.17, 15) is 13.2 Å². The lowest BCUT2D eigenvalue weighted by Crippen LogP contribution is -2.29. The van der Waals surface area contributed by atoms with Gasteiger partial charge in [-0.3, -0.25) is 4.79 Å². The highest BCUT2D eigenvalue weighted by molar-refractivity contribution is 7.89. The Hall–Kier alpha value is -0.620. The second-order valence-corrected chi connectivity index (χ2v) is 6.14. The molecule has 1 saturated carbocycles. The molecule has 0 aromatic rings. The number of rotatable bonds is 5. The molecule has 1 rings (SSSR count). The van der Waals surface area contributed by atoms with E-state index in [1.807, 2.05) is 4.89 Å². The first-order valence-electron chi connectivity index (χ1n) is 5.72. The molecule has 0 amide bonds. The number of hydrogen-bond acceptors (Lipinski definition) is 4. The molecule has 0 spiro atoms. The lowest BCUT2D eigenvalue weighted by molar-refractivity contribution is -0.148. The van der Waals surface area contributed by atoms with Gasteiger partial charge in [0.1, 0.15) is 0 Å². The standard InChI is InChI=1S/C10H19NO4S/c1-2-16(13,14)11-15-10(12)8-9-6-4-3-5-7-9/h9,11H,2-8H2,1H3. The Kier molecular flexibility index (Phi) is 5.21. The van der Waals surface area contributed by atoms with E-state index in [0.717, 1.165) is 25.7 Å². The minimum absolute atomic E-state index is 0.0935. The molecule has 0 saturated heterocycles. The van der Waals surface area contributed by atoms with Gasteiger partial charge in [-0.05, 0) is 30.6 Å². The fourth-order valence-corrected chi connectivity index (χ4v) is 2.18. The van der Waals surface area contributed by atoms with Crippen LogP contribution in [0.3, 0.4) is 0 Å². The van der Waals surface area contributed by atoms with E-state index >= 15 is 0 Å². The highest BCUT2D eigenvalue weighted by Crippen LogP contribution is 2.26. The molecule has 5 nitrogen and oxygen atoms in total. The predicted molar refractivity (Wildman–Crippen MR) is 59.9 cm³/mol. The summed E-state index contributed by atoms with van der Waals surface area (Å²) in [6.07, 6.45) is 5.92. The van der Waals surface area contributed by atoms with Crippen LogP contribution in [-0.4, -0.2) is 20.1 Å². The summed E-state index contributed by atoms with van der Waals surface area (Å²) >= 11 is 0. The Morgan fingerprint density at radius 1 is 1.31 bits per heavy atom. The molecule has 0 heterocycles. The monoisotopic (exact) mass is 249 g/mol. The zero-order valence-corrected chi connectivity index (χ0v) is 10.4. The van der Waals surface area contributed by atoms with Crippen LogP contribution in [0.4, 0.5) is 0 Å². The normalized spacial score (nSPS) is 18.3. The molecule has 0 bridgehead atoms. The molecule has 1 N–H and O–H groups in total. The van der Waals surface area contributed by atoms with Gasteiger partial charge in [-0.15, -0.1) is 0 Å². The van der Waals surface area contributed by atoms with E-state index in [1.165, 1.54) is 13.3 Å². The smallest absolute Gasteiger partial charge is 0.326 e. The molecule has 1 fully saturated rings. The third kappa shape index (κ3) is 4.94. The quantitative estimate of drug-likeness (QED) is 0.747. The van der Waals surface area contributed by atoms with Gasteiger partial charge in [0.05, 0.1) is 12.2 Å². The molecular weight excluding hydrogens is 230 g/mol. The summed E-state index contributed by atoms with van der Waals surface area (Å²) in [5.74, 6) is -0.222. The Bertz CT molecular complexity index is 320. The first-order chi connectivity index (χ1) is 7.53. The lowest BCUT2D eigenvalue weighted by Gasteiger charge is -2.20. The van der Waals surface area contributed by atoms with Crippen LogP contribution in [0.15, 0.2) is 0 Å². The van der Waals surface area contributed by atoms with Gasteiger partial charge in [0.15, 0.2) is 0 Å². The van der Waals surface area contributed by atoms with E-state index in [0.29, 0.717) is 12.3 Å². The molecule has 1 aliphatic rings. The van der Waals surface area contributed by atoms with Crippen molar-refractivity contribution in [2.24, 2.45) is 5.92 Å². The van der Waals surface area contributed by atoms with Crippen LogP contribution in [0.2, 0.25) is 0 Å². The van der Waals surface area contributed by atoms with Crippen molar-refractivity contribution in [2.75, 3.05) is 5.75 Å². The first kappa shape index (κ1) is 13.4. The maximum Gasteiger partial charge on any atom is 0.326 e. The van der Waals surface area contributed by atoms with Gasteiger partial charge in [0.2, 0.25) is 10.0 Å². The van der Waals surface area contributed by atoms with Gasteiger partial charge in [0, 0.05) is 0 Å². The van der Waals surface area contributed by atoms with Crippen LogP contribution in [0.25, 0.3) is 0 Å². The molecule has 6 heteroatoms. The van der Waals surface area contributed by atoms with E-state index in [1.54, 1.807) is 0 Å². The highest BCUT2D eigenvalue weighted by atomic mass is 32.2. The summed E-state index contributed by atoms with van der Waals surface area (Å²) < 4.78 is 22.0. The van der Waals surface area contributed by atoms with E-state index in [2.05, 4.69) is 4.84 Å². The van der Waals surface area contributed by atoms with Crippen LogP contribution in [0.1, 0.15) is 45.4 Å². The Balaban J connectivity index is 2.25. The van der Waals surface area contributed by atoms with Crippen molar-refractivity contribution in [1.82, 2.24) is 4.89 Å². The van der Waals surface area contributed by atoms with Crippen LogP contribution in [0.5, 0.6) is 0 Å². The lowest BCUT2D eigenvalue weighted by atomic mass is 9.87. The predicted octanol–water partition coefficient (Wildman–Crippen LogP) is 1.35. The number of carbonyl (C=O) groups excluding carboxylic acids is 1. The molecule has 0 aliphatic heterocycles. The van der Waals surface area contributed by atoms with Gasteiger partial charge < -0.3 is 4.84 Å². The summed E-state index contributed by atoms with van der Waals surface area (Å²) in [4.78, 5) is 17.7. The van der Waals surface area contributed by atoms with Crippen molar-refractivity contribution in [3.63, 3.8) is 0 Å². The topological polar surface area (TPSA) is 72.5 Å².